The van der Waals surface area contributed by atoms with E-state index in [2.05, 4.69) is 19.9 Å². The Kier molecular flexibility index (Phi) is 10.3. The van der Waals surface area contributed by atoms with Gasteiger partial charge < -0.3 is 30.3 Å². The van der Waals surface area contributed by atoms with Crippen LogP contribution >= 0.6 is 0 Å². The van der Waals surface area contributed by atoms with Crippen LogP contribution in [0.2, 0.25) is 0 Å². The van der Waals surface area contributed by atoms with Crippen molar-refractivity contribution in [3.8, 4) is 0 Å². The molecule has 3 N–H and O–H groups in total. The Balaban J connectivity index is 0.970. The van der Waals surface area contributed by atoms with Crippen LogP contribution in [-0.2, 0) is 29.0 Å². The van der Waals surface area contributed by atoms with Crippen LogP contribution in [0.1, 0.15) is 96.2 Å². The molecule has 0 aliphatic carbocycles. The number of alkyl halides is 2. The zero-order chi connectivity index (χ0) is 38.4. The second-order valence-corrected chi connectivity index (χ2v) is 15.8. The Morgan fingerprint density at radius 1 is 0.945 bits per heavy atom. The zero-order valence-corrected chi connectivity index (χ0v) is 31.8. The van der Waals surface area contributed by atoms with Crippen molar-refractivity contribution in [3.63, 3.8) is 0 Å². The van der Waals surface area contributed by atoms with E-state index in [-0.39, 0.29) is 23.4 Å². The summed E-state index contributed by atoms with van der Waals surface area (Å²) >= 11 is 0. The predicted molar refractivity (Wildman–Crippen MR) is 207 cm³/mol. The zero-order valence-electron chi connectivity index (χ0n) is 31.8. The molecule has 0 atom stereocenters. The molecule has 14 heteroatoms. The molecule has 12 nitrogen and oxygen atoms in total. The number of fused-ring (bicyclic) bond motifs is 2. The van der Waals surface area contributed by atoms with E-state index in [9.17, 15) is 23.2 Å². The molecular formula is C41H51F2N9O3. The number of likely N-dealkylation sites (tertiary alicyclic amines) is 1. The summed E-state index contributed by atoms with van der Waals surface area (Å²) in [5, 5.41) is 7.09. The second kappa shape index (κ2) is 15.3. The van der Waals surface area contributed by atoms with Crippen molar-refractivity contribution in [2.24, 2.45) is 11.7 Å². The molecule has 0 unspecified atom stereocenters. The number of primary amides is 1. The first-order valence-corrected chi connectivity index (χ1v) is 19.7. The molecule has 1 aromatic heterocycles. The van der Waals surface area contributed by atoms with Crippen LogP contribution in [0.4, 0.5) is 26.0 Å². The van der Waals surface area contributed by atoms with Gasteiger partial charge in [0.1, 0.15) is 0 Å². The van der Waals surface area contributed by atoms with Crippen molar-refractivity contribution in [1.29, 1.82) is 0 Å². The number of aromatic nitrogens is 2. The normalized spacial score (nSPS) is 19.5. The van der Waals surface area contributed by atoms with Gasteiger partial charge in [-0.15, -0.1) is 0 Å². The fraction of sp³-hybridized carbons (Fsp3) is 0.512. The number of rotatable bonds is 8. The van der Waals surface area contributed by atoms with Crippen molar-refractivity contribution in [2.45, 2.75) is 77.3 Å². The maximum atomic E-state index is 14.7. The van der Waals surface area contributed by atoms with E-state index in [4.69, 9.17) is 10.8 Å². The molecule has 2 fully saturated rings. The Labute approximate surface area is 320 Å². The van der Waals surface area contributed by atoms with E-state index >= 15 is 0 Å². The lowest BCUT2D eigenvalue weighted by Gasteiger charge is -2.36. The lowest BCUT2D eigenvalue weighted by molar-refractivity contribution is -0.133. The average Bonchev–Trinajstić information content (AvgIpc) is 3.80. The standard InChI is InChI=1S/C41H51F2N9O3/c1-26(53)50-19-13-36-35(25-50)41(51-14-3-4-29-21-33(30-23-45-47(2)24-30)34(39(42)43)22-37(29)51)46-52(36)32-11-17-49(18-12-32)38(54)20-27-9-15-48(16-10-27)31-7-5-28(6-8-31)40(44)55/h5-8,21-22,24,27,32,39,45H,3-4,9-20,23,25H2,1-2H3,(H2,44,55). The molecule has 0 radical (unpaired) electrons. The van der Waals surface area contributed by atoms with E-state index in [1.807, 2.05) is 41.2 Å². The summed E-state index contributed by atoms with van der Waals surface area (Å²) in [5.74, 6) is 0.867. The first-order valence-electron chi connectivity index (χ1n) is 19.7. The van der Waals surface area contributed by atoms with Gasteiger partial charge in [0.2, 0.25) is 17.7 Å². The molecular weight excluding hydrogens is 705 g/mol. The van der Waals surface area contributed by atoms with Crippen LogP contribution in [-0.4, -0.2) is 95.2 Å². The summed E-state index contributed by atoms with van der Waals surface area (Å²) < 4.78 is 31.5. The predicted octanol–water partition coefficient (Wildman–Crippen LogP) is 5.17. The van der Waals surface area contributed by atoms with Gasteiger partial charge in [-0.25, -0.2) is 14.2 Å². The molecule has 2 aromatic carbocycles. The van der Waals surface area contributed by atoms with E-state index in [1.54, 1.807) is 30.1 Å². The molecule has 5 aliphatic rings. The van der Waals surface area contributed by atoms with Gasteiger partial charge in [0, 0.05) is 113 Å². The van der Waals surface area contributed by atoms with Crippen LogP contribution in [0.3, 0.4) is 0 Å². The van der Waals surface area contributed by atoms with E-state index in [1.165, 1.54) is 0 Å². The number of piperidine rings is 2. The number of hydrogen-bond donors (Lipinski definition) is 2. The first kappa shape index (κ1) is 37.0. The topological polar surface area (TPSA) is 123 Å². The number of carbonyl (C=O) groups is 3. The van der Waals surface area contributed by atoms with E-state index < -0.39 is 12.3 Å². The minimum atomic E-state index is -2.63. The number of nitrogens with two attached hydrogens (primary N) is 1. The summed E-state index contributed by atoms with van der Waals surface area (Å²) in [6.45, 7) is 6.83. The summed E-state index contributed by atoms with van der Waals surface area (Å²) in [7, 11) is 1.86. The number of nitrogens with zero attached hydrogens (tertiary/aromatic N) is 7. The average molecular weight is 756 g/mol. The van der Waals surface area contributed by atoms with Crippen LogP contribution in [0.5, 0.6) is 0 Å². The number of nitrogens with one attached hydrogen (secondary N) is 1. The smallest absolute Gasteiger partial charge is 0.264 e. The monoisotopic (exact) mass is 755 g/mol. The second-order valence-electron chi connectivity index (χ2n) is 15.8. The lowest BCUT2D eigenvalue weighted by Crippen LogP contribution is -2.42. The molecule has 5 aliphatic heterocycles. The highest BCUT2D eigenvalue weighted by atomic mass is 19.3. The van der Waals surface area contributed by atoms with Crippen LogP contribution in [0, 0.1) is 5.92 Å². The number of halogens is 2. The molecule has 3 amide bonds. The molecule has 0 bridgehead atoms. The Morgan fingerprint density at radius 2 is 1.69 bits per heavy atom. The number of hydrogen-bond acceptors (Lipinski definition) is 8. The highest BCUT2D eigenvalue weighted by Gasteiger charge is 2.36. The molecule has 0 saturated carbocycles. The van der Waals surface area contributed by atoms with Gasteiger partial charge in [0.15, 0.2) is 5.82 Å². The number of anilines is 3. The minimum absolute atomic E-state index is 0.00721. The Hall–Kier alpha value is -4.98. The van der Waals surface area contributed by atoms with E-state index in [0.717, 1.165) is 91.2 Å². The van der Waals surface area contributed by atoms with Gasteiger partial charge in [-0.2, -0.15) is 5.10 Å². The third-order valence-corrected chi connectivity index (χ3v) is 12.3. The van der Waals surface area contributed by atoms with Gasteiger partial charge in [-0.1, -0.05) is 0 Å². The summed E-state index contributed by atoms with van der Waals surface area (Å²) in [6, 6.07) is 11.1. The van der Waals surface area contributed by atoms with Crippen LogP contribution in [0.25, 0.3) is 5.57 Å². The van der Waals surface area contributed by atoms with Crippen molar-refractivity contribution >= 4 is 40.5 Å². The van der Waals surface area contributed by atoms with Crippen molar-refractivity contribution < 1.29 is 23.2 Å². The molecule has 55 heavy (non-hydrogen) atoms. The number of amides is 3. The quantitative estimate of drug-likeness (QED) is 0.323. The number of benzene rings is 2. The molecule has 8 rings (SSSR count). The van der Waals surface area contributed by atoms with Crippen molar-refractivity contribution in [3.05, 3.63) is 76.1 Å². The summed E-state index contributed by atoms with van der Waals surface area (Å²) in [4.78, 5) is 45.9. The SMILES string of the molecule is CC(=O)N1CCc2c(c(N3CCCc4cc(C5=CN(C)NC5)c(C(F)F)cc43)nn2C2CCN(C(=O)CC3CCN(c4ccc(C(N)=O)cc4)CC3)CC2)C1. The van der Waals surface area contributed by atoms with Crippen LogP contribution < -0.4 is 21.0 Å². The number of aryl methyl sites for hydroxylation is 1. The third kappa shape index (κ3) is 7.40. The van der Waals surface area contributed by atoms with Gasteiger partial charge in [-0.05, 0) is 97.5 Å². The van der Waals surface area contributed by atoms with Crippen molar-refractivity contribution in [1.82, 2.24) is 30.0 Å². The molecule has 6 heterocycles. The Bertz CT molecular complexity index is 1980. The van der Waals surface area contributed by atoms with Crippen LogP contribution in [0.15, 0.2) is 42.6 Å². The number of carbonyl (C=O) groups excluding carboxylic acids is 3. The maximum Gasteiger partial charge on any atom is 0.264 e. The molecule has 0 spiro atoms. The van der Waals surface area contributed by atoms with E-state index in [0.29, 0.717) is 69.2 Å². The Morgan fingerprint density at radius 3 is 2.35 bits per heavy atom. The molecule has 3 aromatic rings. The fourth-order valence-electron chi connectivity index (χ4n) is 9.21. The fourth-order valence-corrected chi connectivity index (χ4v) is 9.21. The van der Waals surface area contributed by atoms with Crippen molar-refractivity contribution in [2.75, 3.05) is 62.7 Å². The lowest BCUT2D eigenvalue weighted by atomic mass is 9.92. The maximum absolute atomic E-state index is 14.7. The largest absolute Gasteiger partial charge is 0.372 e. The highest BCUT2D eigenvalue weighted by molar-refractivity contribution is 5.93. The molecule has 2 saturated heterocycles. The summed E-state index contributed by atoms with van der Waals surface area (Å²) in [5.41, 5.74) is 15.5. The third-order valence-electron chi connectivity index (χ3n) is 12.3. The minimum Gasteiger partial charge on any atom is -0.372 e. The van der Waals surface area contributed by atoms with Gasteiger partial charge in [0.05, 0.1) is 12.6 Å². The highest BCUT2D eigenvalue weighted by Crippen LogP contribution is 2.43. The van der Waals surface area contributed by atoms with Gasteiger partial charge in [-0.3, -0.25) is 19.1 Å². The van der Waals surface area contributed by atoms with Gasteiger partial charge >= 0.3 is 0 Å². The number of hydrazine groups is 1. The molecule has 292 valence electrons. The van der Waals surface area contributed by atoms with Gasteiger partial charge in [0.25, 0.3) is 6.43 Å². The summed E-state index contributed by atoms with van der Waals surface area (Å²) in [6.07, 6.45) is 5.54. The first-order chi connectivity index (χ1) is 26.5.